The summed E-state index contributed by atoms with van der Waals surface area (Å²) in [6.07, 6.45) is 3.45. The molecule has 0 aliphatic carbocycles. The molecular formula is C26H31NO3. The number of fused-ring (bicyclic) bond motifs is 1. The molecule has 3 aromatic rings. The lowest BCUT2D eigenvalue weighted by Crippen LogP contribution is -2.25. The molecule has 4 heteroatoms. The fraction of sp³-hybridized carbons (Fsp3) is 0.346. The first-order valence-corrected chi connectivity index (χ1v) is 10.4. The Morgan fingerprint density at radius 1 is 1.17 bits per heavy atom. The van der Waals surface area contributed by atoms with Crippen LogP contribution in [0.4, 0.5) is 0 Å². The lowest BCUT2D eigenvalue weighted by molar-refractivity contribution is -0.116. The van der Waals surface area contributed by atoms with Crippen molar-refractivity contribution in [2.24, 2.45) is 5.92 Å². The number of amides is 1. The number of carbonyl (C=O) groups excluding carboxylic acids is 1. The summed E-state index contributed by atoms with van der Waals surface area (Å²) in [6, 6.07) is 8.50. The summed E-state index contributed by atoms with van der Waals surface area (Å²) in [5.74, 6) is 1.04. The number of rotatable bonds is 6. The quantitative estimate of drug-likeness (QED) is 0.496. The zero-order chi connectivity index (χ0) is 22.0. The first-order valence-electron chi connectivity index (χ1n) is 10.4. The van der Waals surface area contributed by atoms with Crippen LogP contribution in [0, 0.1) is 26.7 Å². The molecule has 1 heterocycles. The van der Waals surface area contributed by atoms with Gasteiger partial charge >= 0.3 is 0 Å². The molecule has 2 aromatic carbocycles. The van der Waals surface area contributed by atoms with Crippen molar-refractivity contribution in [2.45, 2.75) is 41.5 Å². The van der Waals surface area contributed by atoms with Gasteiger partial charge in [-0.3, -0.25) is 4.79 Å². The summed E-state index contributed by atoms with van der Waals surface area (Å²) in [5, 5.41) is 3.96. The Bertz CT molecular complexity index is 1120. The number of carbonyl (C=O) groups is 1. The van der Waals surface area contributed by atoms with Gasteiger partial charge in [0.1, 0.15) is 11.3 Å². The van der Waals surface area contributed by atoms with Gasteiger partial charge in [-0.15, -0.1) is 0 Å². The minimum Gasteiger partial charge on any atom is -0.496 e. The highest BCUT2D eigenvalue weighted by molar-refractivity contribution is 6.02. The van der Waals surface area contributed by atoms with Crippen LogP contribution in [0.3, 0.4) is 0 Å². The van der Waals surface area contributed by atoms with Crippen LogP contribution >= 0.6 is 0 Å². The maximum atomic E-state index is 12.3. The Morgan fingerprint density at radius 2 is 1.90 bits per heavy atom. The van der Waals surface area contributed by atoms with E-state index in [1.165, 1.54) is 11.1 Å². The highest BCUT2D eigenvalue weighted by atomic mass is 16.5. The third-order valence-corrected chi connectivity index (χ3v) is 5.38. The van der Waals surface area contributed by atoms with Gasteiger partial charge in [0.2, 0.25) is 5.91 Å². The highest BCUT2D eigenvalue weighted by Gasteiger charge is 2.19. The van der Waals surface area contributed by atoms with E-state index < -0.39 is 0 Å². The average molecular weight is 406 g/mol. The fourth-order valence-corrected chi connectivity index (χ4v) is 3.83. The summed E-state index contributed by atoms with van der Waals surface area (Å²) in [5.41, 5.74) is 8.11. The van der Waals surface area contributed by atoms with Crippen molar-refractivity contribution in [3.63, 3.8) is 0 Å². The molecular weight excluding hydrogens is 374 g/mol. The summed E-state index contributed by atoms with van der Waals surface area (Å²) >= 11 is 0. The van der Waals surface area contributed by atoms with Crippen molar-refractivity contribution in [2.75, 3.05) is 13.7 Å². The van der Waals surface area contributed by atoms with Gasteiger partial charge in [0.05, 0.1) is 13.4 Å². The lowest BCUT2D eigenvalue weighted by atomic mass is 9.94. The second kappa shape index (κ2) is 8.78. The molecule has 0 fully saturated rings. The van der Waals surface area contributed by atoms with E-state index in [4.69, 9.17) is 9.15 Å². The van der Waals surface area contributed by atoms with E-state index in [1.807, 2.05) is 20.1 Å². The smallest absolute Gasteiger partial charge is 0.244 e. The molecule has 1 amide bonds. The first-order chi connectivity index (χ1) is 14.2. The van der Waals surface area contributed by atoms with Crippen molar-refractivity contribution in [3.05, 3.63) is 58.9 Å². The van der Waals surface area contributed by atoms with Gasteiger partial charge in [-0.2, -0.15) is 0 Å². The van der Waals surface area contributed by atoms with Crippen LogP contribution in [-0.4, -0.2) is 19.6 Å². The molecule has 3 rings (SSSR count). The van der Waals surface area contributed by atoms with Crippen LogP contribution in [0.2, 0.25) is 0 Å². The molecule has 0 radical (unpaired) electrons. The van der Waals surface area contributed by atoms with Crippen LogP contribution in [0.5, 0.6) is 5.75 Å². The zero-order valence-corrected chi connectivity index (χ0v) is 19.0. The van der Waals surface area contributed by atoms with E-state index in [0.717, 1.165) is 44.5 Å². The predicted molar refractivity (Wildman–Crippen MR) is 124 cm³/mol. The number of hydrogen-bond donors (Lipinski definition) is 1. The monoisotopic (exact) mass is 405 g/mol. The lowest BCUT2D eigenvalue weighted by Gasteiger charge is -2.14. The number of benzene rings is 2. The van der Waals surface area contributed by atoms with Gasteiger partial charge in [-0.25, -0.2) is 0 Å². The third-order valence-electron chi connectivity index (χ3n) is 5.38. The van der Waals surface area contributed by atoms with Crippen molar-refractivity contribution in [1.82, 2.24) is 5.32 Å². The van der Waals surface area contributed by atoms with E-state index in [1.54, 1.807) is 13.2 Å². The van der Waals surface area contributed by atoms with Crippen LogP contribution in [-0.2, 0) is 4.79 Å². The van der Waals surface area contributed by atoms with Crippen LogP contribution < -0.4 is 10.1 Å². The number of methoxy groups -OCH3 is 1. The molecule has 30 heavy (non-hydrogen) atoms. The Labute approximate surface area is 178 Å². The second-order valence-electron chi connectivity index (χ2n) is 8.39. The van der Waals surface area contributed by atoms with Gasteiger partial charge in [-0.1, -0.05) is 37.6 Å². The van der Waals surface area contributed by atoms with Gasteiger partial charge in [-0.05, 0) is 56.4 Å². The van der Waals surface area contributed by atoms with Gasteiger partial charge < -0.3 is 14.5 Å². The number of ether oxygens (including phenoxy) is 1. The van der Waals surface area contributed by atoms with E-state index in [9.17, 15) is 4.79 Å². The molecule has 0 aliphatic rings. The Kier molecular flexibility index (Phi) is 6.35. The van der Waals surface area contributed by atoms with Gasteiger partial charge in [0.15, 0.2) is 0 Å². The maximum Gasteiger partial charge on any atom is 0.244 e. The van der Waals surface area contributed by atoms with Crippen LogP contribution in [0.1, 0.15) is 43.0 Å². The molecule has 4 nitrogen and oxygen atoms in total. The molecule has 0 saturated carbocycles. The average Bonchev–Trinajstić information content (AvgIpc) is 3.10. The minimum atomic E-state index is -0.0946. The van der Waals surface area contributed by atoms with Crippen molar-refractivity contribution < 1.29 is 13.9 Å². The molecule has 0 saturated heterocycles. The van der Waals surface area contributed by atoms with E-state index in [2.05, 4.69) is 57.3 Å². The molecule has 0 aliphatic heterocycles. The normalized spacial score (nSPS) is 11.9. The molecule has 0 spiro atoms. The predicted octanol–water partition coefficient (Wildman–Crippen LogP) is 6.21. The van der Waals surface area contributed by atoms with Gasteiger partial charge in [0, 0.05) is 34.7 Å². The number of furan rings is 1. The summed E-state index contributed by atoms with van der Waals surface area (Å²) in [7, 11) is 1.65. The van der Waals surface area contributed by atoms with E-state index >= 15 is 0 Å². The number of aryl methyl sites for hydroxylation is 3. The zero-order valence-electron chi connectivity index (χ0n) is 19.0. The SMILES string of the molecule is COc1c(/C(C)=C/C(=O)NCC(C)C)cc2c(-c3ccc(C)cc3C)coc2c1C. The molecule has 0 unspecified atom stereocenters. The van der Waals surface area contributed by atoms with Crippen molar-refractivity contribution in [1.29, 1.82) is 0 Å². The highest BCUT2D eigenvalue weighted by Crippen LogP contribution is 2.41. The largest absolute Gasteiger partial charge is 0.496 e. The van der Waals surface area contributed by atoms with Crippen LogP contribution in [0.25, 0.3) is 27.7 Å². The Balaban J connectivity index is 2.14. The van der Waals surface area contributed by atoms with Crippen molar-refractivity contribution in [3.8, 4) is 16.9 Å². The van der Waals surface area contributed by atoms with Crippen LogP contribution in [0.15, 0.2) is 41.0 Å². The Hall–Kier alpha value is -3.01. The Morgan fingerprint density at radius 3 is 2.53 bits per heavy atom. The number of nitrogens with one attached hydrogen (secondary N) is 1. The second-order valence-corrected chi connectivity index (χ2v) is 8.39. The molecule has 1 N–H and O–H groups in total. The van der Waals surface area contributed by atoms with Gasteiger partial charge in [0.25, 0.3) is 0 Å². The first kappa shape index (κ1) is 21.7. The maximum absolute atomic E-state index is 12.3. The van der Waals surface area contributed by atoms with Crippen molar-refractivity contribution >= 4 is 22.4 Å². The molecule has 1 aromatic heterocycles. The summed E-state index contributed by atoms with van der Waals surface area (Å²) in [4.78, 5) is 12.3. The third kappa shape index (κ3) is 4.28. The van der Waals surface area contributed by atoms with E-state index in [-0.39, 0.29) is 5.91 Å². The summed E-state index contributed by atoms with van der Waals surface area (Å²) < 4.78 is 11.7. The minimum absolute atomic E-state index is 0.0946. The number of allylic oxidation sites excluding steroid dienone is 1. The molecule has 0 bridgehead atoms. The molecule has 158 valence electrons. The standard InChI is InChI=1S/C26H31NO3/c1-15(2)13-27-24(28)11-18(5)21-12-22-23(20-9-8-16(3)10-17(20)4)14-30-26(22)19(6)25(21)29-7/h8-12,14-15H,13H2,1-7H3,(H,27,28)/b18-11+. The summed E-state index contributed by atoms with van der Waals surface area (Å²) in [6.45, 7) is 12.9. The number of hydrogen-bond acceptors (Lipinski definition) is 3. The molecule has 0 atom stereocenters. The fourth-order valence-electron chi connectivity index (χ4n) is 3.83. The topological polar surface area (TPSA) is 51.5 Å². The van der Waals surface area contributed by atoms with E-state index in [0.29, 0.717) is 12.5 Å².